The molecule has 5 heteroatoms. The maximum Gasteiger partial charge on any atom is 0.313 e. The van der Waals surface area contributed by atoms with Gasteiger partial charge in [0.05, 0.1) is 13.0 Å². The summed E-state index contributed by atoms with van der Waals surface area (Å²) in [6.45, 7) is 3.17. The Morgan fingerprint density at radius 3 is 2.32 bits per heavy atom. The molecular formula is C23H29NO4. The van der Waals surface area contributed by atoms with Gasteiger partial charge in [-0.15, -0.1) is 0 Å². The van der Waals surface area contributed by atoms with E-state index in [0.717, 1.165) is 60.9 Å². The minimum atomic E-state index is -0.424. The van der Waals surface area contributed by atoms with E-state index < -0.39 is 5.92 Å². The number of nitrogens with zero attached hydrogens (tertiary/aromatic N) is 1. The number of benzene rings is 2. The summed E-state index contributed by atoms with van der Waals surface area (Å²) >= 11 is 0. The largest absolute Gasteiger partial charge is 0.497 e. The number of rotatable bonds is 5. The molecule has 0 saturated carbocycles. The third-order valence-corrected chi connectivity index (χ3v) is 5.47. The fourth-order valence-corrected chi connectivity index (χ4v) is 3.62. The van der Waals surface area contributed by atoms with Crippen LogP contribution in [0.2, 0.25) is 0 Å². The van der Waals surface area contributed by atoms with Crippen LogP contribution in [0.1, 0.15) is 50.5 Å². The monoisotopic (exact) mass is 383 g/mol. The van der Waals surface area contributed by atoms with Crippen LogP contribution in [0.15, 0.2) is 36.4 Å². The van der Waals surface area contributed by atoms with Gasteiger partial charge in [0.2, 0.25) is 0 Å². The van der Waals surface area contributed by atoms with Crippen LogP contribution in [-0.2, 0) is 14.3 Å². The maximum atomic E-state index is 12.5. The molecule has 1 amide bonds. The molecule has 1 atom stereocenters. The van der Waals surface area contributed by atoms with Crippen LogP contribution in [0, 0.1) is 0 Å². The summed E-state index contributed by atoms with van der Waals surface area (Å²) in [6, 6.07) is 11.7. The zero-order chi connectivity index (χ0) is 19.9. The first-order valence-corrected chi connectivity index (χ1v) is 10.1. The van der Waals surface area contributed by atoms with Crippen LogP contribution < -0.4 is 4.74 Å². The van der Waals surface area contributed by atoms with E-state index in [0.29, 0.717) is 0 Å². The van der Waals surface area contributed by atoms with Crippen LogP contribution in [-0.4, -0.2) is 43.6 Å². The van der Waals surface area contributed by atoms with Gasteiger partial charge in [-0.25, -0.2) is 0 Å². The number of carbonyl (C=O) groups is 2. The van der Waals surface area contributed by atoms with E-state index in [1.165, 1.54) is 6.42 Å². The fraction of sp³-hybridized carbons (Fsp3) is 0.478. The molecule has 1 fully saturated rings. The van der Waals surface area contributed by atoms with Crippen molar-refractivity contribution in [2.24, 2.45) is 0 Å². The Balaban J connectivity index is 1.59. The molecule has 5 nitrogen and oxygen atoms in total. The molecule has 1 saturated heterocycles. The Hall–Kier alpha value is -2.56. The molecule has 2 aromatic carbocycles. The summed E-state index contributed by atoms with van der Waals surface area (Å²) in [5.74, 6) is -0.0802. The van der Waals surface area contributed by atoms with Gasteiger partial charge in [0.15, 0.2) is 6.61 Å². The number of esters is 1. The van der Waals surface area contributed by atoms with Crippen molar-refractivity contribution in [3.63, 3.8) is 0 Å². The highest BCUT2D eigenvalue weighted by Gasteiger charge is 2.21. The molecule has 1 aliphatic heterocycles. The first kappa shape index (κ1) is 20.2. The quantitative estimate of drug-likeness (QED) is 0.723. The van der Waals surface area contributed by atoms with Gasteiger partial charge in [-0.2, -0.15) is 0 Å². The summed E-state index contributed by atoms with van der Waals surface area (Å²) in [4.78, 5) is 26.7. The normalized spacial score (nSPS) is 16.1. The van der Waals surface area contributed by atoms with Crippen LogP contribution in [0.4, 0.5) is 0 Å². The average Bonchev–Trinajstić information content (AvgIpc) is 2.70. The topological polar surface area (TPSA) is 55.8 Å². The average molecular weight is 383 g/mol. The zero-order valence-electron chi connectivity index (χ0n) is 16.8. The molecule has 0 aliphatic carbocycles. The smallest absolute Gasteiger partial charge is 0.313 e. The van der Waals surface area contributed by atoms with E-state index in [2.05, 4.69) is 0 Å². The zero-order valence-corrected chi connectivity index (χ0v) is 16.8. The molecule has 0 bridgehead atoms. The number of fused-ring (bicyclic) bond motifs is 1. The molecule has 150 valence electrons. The molecule has 1 aliphatic rings. The van der Waals surface area contributed by atoms with Crippen molar-refractivity contribution < 1.29 is 19.1 Å². The SMILES string of the molecule is COc1ccc2cc([C@H](C)C(=O)OCC(=O)N3CCCCCCC3)ccc2c1. The van der Waals surface area contributed by atoms with Crippen molar-refractivity contribution in [1.82, 2.24) is 4.90 Å². The van der Waals surface area contributed by atoms with E-state index >= 15 is 0 Å². The van der Waals surface area contributed by atoms with Gasteiger partial charge < -0.3 is 14.4 Å². The summed E-state index contributed by atoms with van der Waals surface area (Å²) in [6.07, 6.45) is 5.62. The van der Waals surface area contributed by atoms with Crippen LogP contribution in [0.3, 0.4) is 0 Å². The van der Waals surface area contributed by atoms with Crippen molar-refractivity contribution in [3.8, 4) is 5.75 Å². The summed E-state index contributed by atoms with van der Waals surface area (Å²) in [5, 5.41) is 2.09. The maximum absolute atomic E-state index is 12.5. The molecule has 0 radical (unpaired) electrons. The Bertz CT molecular complexity index is 824. The predicted molar refractivity (Wildman–Crippen MR) is 110 cm³/mol. The summed E-state index contributed by atoms with van der Waals surface area (Å²) in [7, 11) is 1.64. The second-order valence-corrected chi connectivity index (χ2v) is 7.45. The third-order valence-electron chi connectivity index (χ3n) is 5.47. The van der Waals surface area contributed by atoms with Gasteiger partial charge in [0.1, 0.15) is 5.75 Å². The number of methoxy groups -OCH3 is 1. The predicted octanol–water partition coefficient (Wildman–Crippen LogP) is 4.29. The van der Waals surface area contributed by atoms with Gasteiger partial charge in [0, 0.05) is 13.1 Å². The fourth-order valence-electron chi connectivity index (χ4n) is 3.62. The van der Waals surface area contributed by atoms with Crippen molar-refractivity contribution in [1.29, 1.82) is 0 Å². The minimum Gasteiger partial charge on any atom is -0.497 e. The Morgan fingerprint density at radius 1 is 0.964 bits per heavy atom. The summed E-state index contributed by atoms with van der Waals surface area (Å²) in [5.41, 5.74) is 0.876. The van der Waals surface area contributed by atoms with E-state index in [4.69, 9.17) is 9.47 Å². The molecule has 3 rings (SSSR count). The van der Waals surface area contributed by atoms with Crippen LogP contribution in [0.25, 0.3) is 10.8 Å². The Kier molecular flexibility index (Phi) is 6.90. The molecule has 0 N–H and O–H groups in total. The van der Waals surface area contributed by atoms with Gasteiger partial charge >= 0.3 is 5.97 Å². The first-order valence-electron chi connectivity index (χ1n) is 10.1. The van der Waals surface area contributed by atoms with E-state index in [9.17, 15) is 9.59 Å². The van der Waals surface area contributed by atoms with E-state index in [1.807, 2.05) is 48.2 Å². The number of carbonyl (C=O) groups excluding carboxylic acids is 2. The van der Waals surface area contributed by atoms with Gasteiger partial charge in [0.25, 0.3) is 5.91 Å². The molecule has 0 unspecified atom stereocenters. The Morgan fingerprint density at radius 2 is 1.61 bits per heavy atom. The molecule has 1 heterocycles. The number of hydrogen-bond acceptors (Lipinski definition) is 4. The van der Waals surface area contributed by atoms with E-state index in [1.54, 1.807) is 7.11 Å². The number of ether oxygens (including phenoxy) is 2. The van der Waals surface area contributed by atoms with Crippen molar-refractivity contribution >= 4 is 22.6 Å². The lowest BCUT2D eigenvalue weighted by molar-refractivity contribution is -0.153. The van der Waals surface area contributed by atoms with E-state index in [-0.39, 0.29) is 18.5 Å². The lowest BCUT2D eigenvalue weighted by atomic mass is 9.98. The minimum absolute atomic E-state index is 0.0898. The highest BCUT2D eigenvalue weighted by Crippen LogP contribution is 2.25. The Labute approximate surface area is 166 Å². The van der Waals surface area contributed by atoms with Gasteiger partial charge in [-0.3, -0.25) is 9.59 Å². The highest BCUT2D eigenvalue weighted by atomic mass is 16.5. The molecule has 0 spiro atoms. The van der Waals surface area contributed by atoms with Crippen molar-refractivity contribution in [2.45, 2.75) is 44.9 Å². The first-order chi connectivity index (χ1) is 13.6. The van der Waals surface area contributed by atoms with Crippen molar-refractivity contribution in [3.05, 3.63) is 42.0 Å². The number of amides is 1. The third kappa shape index (κ3) is 5.03. The second-order valence-electron chi connectivity index (χ2n) is 7.45. The van der Waals surface area contributed by atoms with Crippen LogP contribution in [0.5, 0.6) is 5.75 Å². The van der Waals surface area contributed by atoms with Crippen molar-refractivity contribution in [2.75, 3.05) is 26.8 Å². The lowest BCUT2D eigenvalue weighted by Crippen LogP contribution is -2.37. The second kappa shape index (κ2) is 9.58. The molecule has 28 heavy (non-hydrogen) atoms. The number of hydrogen-bond donors (Lipinski definition) is 0. The molecular weight excluding hydrogens is 354 g/mol. The summed E-state index contributed by atoms with van der Waals surface area (Å²) < 4.78 is 10.6. The van der Waals surface area contributed by atoms with Gasteiger partial charge in [-0.1, -0.05) is 43.5 Å². The highest BCUT2D eigenvalue weighted by molar-refractivity contribution is 5.87. The lowest BCUT2D eigenvalue weighted by Gasteiger charge is -2.24. The van der Waals surface area contributed by atoms with Crippen LogP contribution >= 0.6 is 0 Å². The number of likely N-dealkylation sites (tertiary alicyclic amines) is 1. The molecule has 2 aromatic rings. The molecule has 0 aromatic heterocycles. The van der Waals surface area contributed by atoms with Gasteiger partial charge in [-0.05, 0) is 48.2 Å². The standard InChI is InChI=1S/C23H29NO4/c1-17(18-8-9-20-15-21(27-2)11-10-19(20)14-18)23(26)28-16-22(25)24-12-6-4-3-5-7-13-24/h8-11,14-15,17H,3-7,12-13,16H2,1-2H3/t17-/m0/s1.